The molecular weight excluding hydrogens is 184 g/mol. The summed E-state index contributed by atoms with van der Waals surface area (Å²) in [6, 6.07) is 9.83. The van der Waals surface area contributed by atoms with Crippen molar-refractivity contribution < 1.29 is 10.2 Å². The van der Waals surface area contributed by atoms with Gasteiger partial charge >= 0.3 is 0 Å². The van der Waals surface area contributed by atoms with Gasteiger partial charge in [-0.15, -0.1) is 11.8 Å². The normalized spacial score (nSPS) is 15.3. The molecule has 0 bridgehead atoms. The molecule has 0 saturated carbocycles. The number of hydrogen-bond donors (Lipinski definition) is 2. The van der Waals surface area contributed by atoms with Crippen LogP contribution in [0.4, 0.5) is 0 Å². The van der Waals surface area contributed by atoms with Crippen LogP contribution < -0.4 is 0 Å². The molecule has 1 rings (SSSR count). The number of benzene rings is 1. The zero-order valence-electron chi connectivity index (χ0n) is 7.60. The Morgan fingerprint density at radius 1 is 1.31 bits per heavy atom. The lowest BCUT2D eigenvalue weighted by Gasteiger charge is -2.19. The van der Waals surface area contributed by atoms with Gasteiger partial charge in [0.1, 0.15) is 0 Å². The molecule has 2 N–H and O–H groups in total. The van der Waals surface area contributed by atoms with Crippen molar-refractivity contribution in [3.63, 3.8) is 0 Å². The van der Waals surface area contributed by atoms with Crippen molar-refractivity contribution in [2.45, 2.75) is 17.4 Å². The van der Waals surface area contributed by atoms with Crippen LogP contribution in [0.3, 0.4) is 0 Å². The maximum Gasteiger partial charge on any atom is 0.0942 e. The first-order valence-electron chi connectivity index (χ1n) is 4.15. The fraction of sp³-hybridized carbons (Fsp3) is 0.400. The molecule has 0 saturated heterocycles. The van der Waals surface area contributed by atoms with Crippen LogP contribution in [0.25, 0.3) is 0 Å². The Labute approximate surface area is 82.6 Å². The molecule has 0 aliphatic heterocycles. The summed E-state index contributed by atoms with van der Waals surface area (Å²) in [4.78, 5) is 1.11. The summed E-state index contributed by atoms with van der Waals surface area (Å²) < 4.78 is 0. The Kier molecular flexibility index (Phi) is 3.78. The molecule has 0 fully saturated rings. The summed E-state index contributed by atoms with van der Waals surface area (Å²) in [6.07, 6.45) is 0. The van der Waals surface area contributed by atoms with E-state index in [-0.39, 0.29) is 6.61 Å². The maximum absolute atomic E-state index is 9.51. The zero-order chi connectivity index (χ0) is 9.73. The van der Waals surface area contributed by atoms with Gasteiger partial charge in [0, 0.05) is 10.6 Å². The summed E-state index contributed by atoms with van der Waals surface area (Å²) in [5.41, 5.74) is -0.986. The van der Waals surface area contributed by atoms with Gasteiger partial charge in [0.05, 0.1) is 12.2 Å². The van der Waals surface area contributed by atoms with Crippen LogP contribution in [-0.4, -0.2) is 28.2 Å². The first kappa shape index (κ1) is 10.6. The van der Waals surface area contributed by atoms with Gasteiger partial charge in [-0.3, -0.25) is 0 Å². The summed E-state index contributed by atoms with van der Waals surface area (Å²) in [5.74, 6) is 0.507. The minimum atomic E-state index is -0.986. The van der Waals surface area contributed by atoms with Gasteiger partial charge in [0.15, 0.2) is 0 Å². The standard InChI is InChI=1S/C10H14O2S/c1-10(12,7-11)8-13-9-5-3-2-4-6-9/h2-6,11-12H,7-8H2,1H3. The topological polar surface area (TPSA) is 40.5 Å². The van der Waals surface area contributed by atoms with Crippen LogP contribution in [0.1, 0.15) is 6.92 Å². The molecular formula is C10H14O2S. The van der Waals surface area contributed by atoms with E-state index in [4.69, 9.17) is 5.11 Å². The molecule has 2 nitrogen and oxygen atoms in total. The molecule has 72 valence electrons. The molecule has 1 unspecified atom stereocenters. The van der Waals surface area contributed by atoms with E-state index in [1.807, 2.05) is 30.3 Å². The Morgan fingerprint density at radius 2 is 1.92 bits per heavy atom. The largest absolute Gasteiger partial charge is 0.393 e. The van der Waals surface area contributed by atoms with E-state index in [0.717, 1.165) is 4.90 Å². The smallest absolute Gasteiger partial charge is 0.0942 e. The second kappa shape index (κ2) is 4.65. The van der Waals surface area contributed by atoms with Crippen molar-refractivity contribution in [3.8, 4) is 0 Å². The summed E-state index contributed by atoms with van der Waals surface area (Å²) in [7, 11) is 0. The highest BCUT2D eigenvalue weighted by Gasteiger charge is 2.18. The van der Waals surface area contributed by atoms with Crippen LogP contribution in [0.15, 0.2) is 35.2 Å². The van der Waals surface area contributed by atoms with Gasteiger partial charge in [-0.05, 0) is 19.1 Å². The molecule has 1 aromatic carbocycles. The number of rotatable bonds is 4. The lowest BCUT2D eigenvalue weighted by atomic mass is 10.2. The predicted octanol–water partition coefficient (Wildman–Crippen LogP) is 1.52. The molecule has 1 atom stereocenters. The fourth-order valence-electron chi connectivity index (χ4n) is 0.801. The number of thioether (sulfide) groups is 1. The number of aliphatic hydroxyl groups is 2. The van der Waals surface area contributed by atoms with Crippen molar-refractivity contribution >= 4 is 11.8 Å². The first-order chi connectivity index (χ1) is 6.14. The molecule has 0 aliphatic carbocycles. The molecule has 0 heterocycles. The average Bonchev–Trinajstić information content (AvgIpc) is 2.17. The fourth-order valence-corrected chi connectivity index (χ4v) is 1.72. The second-order valence-corrected chi connectivity index (χ2v) is 4.31. The molecule has 0 amide bonds. The van der Waals surface area contributed by atoms with E-state index in [0.29, 0.717) is 5.75 Å². The summed E-state index contributed by atoms with van der Waals surface area (Å²) in [6.45, 7) is 1.43. The van der Waals surface area contributed by atoms with Gasteiger partial charge in [0.2, 0.25) is 0 Å². The van der Waals surface area contributed by atoms with Gasteiger partial charge in [-0.25, -0.2) is 0 Å². The van der Waals surface area contributed by atoms with Crippen molar-refractivity contribution in [1.82, 2.24) is 0 Å². The second-order valence-electron chi connectivity index (χ2n) is 3.26. The van der Waals surface area contributed by atoms with E-state index >= 15 is 0 Å². The molecule has 1 aromatic rings. The Hall–Kier alpha value is -0.510. The van der Waals surface area contributed by atoms with Gasteiger partial charge in [-0.1, -0.05) is 18.2 Å². The third-order valence-electron chi connectivity index (χ3n) is 1.63. The van der Waals surface area contributed by atoms with Crippen LogP contribution >= 0.6 is 11.8 Å². The van der Waals surface area contributed by atoms with Crippen LogP contribution in [0.5, 0.6) is 0 Å². The van der Waals surface area contributed by atoms with Gasteiger partial charge in [-0.2, -0.15) is 0 Å². The predicted molar refractivity (Wildman–Crippen MR) is 54.9 cm³/mol. The molecule has 0 aliphatic rings. The third kappa shape index (κ3) is 3.81. The van der Waals surface area contributed by atoms with Crippen molar-refractivity contribution in [1.29, 1.82) is 0 Å². The molecule has 0 aromatic heterocycles. The SMILES string of the molecule is CC(O)(CO)CSc1ccccc1. The Bertz CT molecular complexity index is 246. The first-order valence-corrected chi connectivity index (χ1v) is 5.14. The van der Waals surface area contributed by atoms with Gasteiger partial charge < -0.3 is 10.2 Å². The molecule has 0 spiro atoms. The highest BCUT2D eigenvalue weighted by molar-refractivity contribution is 7.99. The molecule has 3 heteroatoms. The summed E-state index contributed by atoms with van der Waals surface area (Å²) >= 11 is 1.54. The monoisotopic (exact) mass is 198 g/mol. The highest BCUT2D eigenvalue weighted by atomic mass is 32.2. The van der Waals surface area contributed by atoms with E-state index in [2.05, 4.69) is 0 Å². The van der Waals surface area contributed by atoms with Crippen LogP contribution in [-0.2, 0) is 0 Å². The highest BCUT2D eigenvalue weighted by Crippen LogP contribution is 2.21. The molecule has 0 radical (unpaired) electrons. The minimum Gasteiger partial charge on any atom is -0.393 e. The number of hydrogen-bond acceptors (Lipinski definition) is 3. The van der Waals surface area contributed by atoms with E-state index in [1.165, 1.54) is 0 Å². The summed E-state index contributed by atoms with van der Waals surface area (Å²) in [5, 5.41) is 18.3. The maximum atomic E-state index is 9.51. The third-order valence-corrected chi connectivity index (χ3v) is 3.01. The number of aliphatic hydroxyl groups excluding tert-OH is 1. The Morgan fingerprint density at radius 3 is 2.46 bits per heavy atom. The minimum absolute atomic E-state index is 0.202. The van der Waals surface area contributed by atoms with Crippen molar-refractivity contribution in [2.24, 2.45) is 0 Å². The van der Waals surface area contributed by atoms with E-state index in [1.54, 1.807) is 18.7 Å². The lowest BCUT2D eigenvalue weighted by Crippen LogP contribution is -2.31. The van der Waals surface area contributed by atoms with Crippen molar-refractivity contribution in [3.05, 3.63) is 30.3 Å². The van der Waals surface area contributed by atoms with Crippen molar-refractivity contribution in [2.75, 3.05) is 12.4 Å². The van der Waals surface area contributed by atoms with Gasteiger partial charge in [0.25, 0.3) is 0 Å². The average molecular weight is 198 g/mol. The zero-order valence-corrected chi connectivity index (χ0v) is 8.42. The van der Waals surface area contributed by atoms with Crippen LogP contribution in [0, 0.1) is 0 Å². The van der Waals surface area contributed by atoms with E-state index < -0.39 is 5.60 Å². The van der Waals surface area contributed by atoms with Crippen LogP contribution in [0.2, 0.25) is 0 Å². The molecule has 13 heavy (non-hydrogen) atoms. The lowest BCUT2D eigenvalue weighted by molar-refractivity contribution is 0.0225. The van der Waals surface area contributed by atoms with E-state index in [9.17, 15) is 5.11 Å². The Balaban J connectivity index is 2.44. The quantitative estimate of drug-likeness (QED) is 0.721.